The molecule has 1 aromatic carbocycles. The third kappa shape index (κ3) is 7.70. The molecule has 1 aliphatic heterocycles. The van der Waals surface area contributed by atoms with Crippen LogP contribution < -0.4 is 16.4 Å². The average Bonchev–Trinajstić information content (AvgIpc) is 3.31. The van der Waals surface area contributed by atoms with Gasteiger partial charge in [-0.05, 0) is 68.3 Å². The normalized spacial score (nSPS) is 15.0. The van der Waals surface area contributed by atoms with Crippen molar-refractivity contribution in [1.82, 2.24) is 10.2 Å². The summed E-state index contributed by atoms with van der Waals surface area (Å²) in [6.07, 6.45) is 7.23. The van der Waals surface area contributed by atoms with E-state index in [1.807, 2.05) is 24.3 Å². The highest BCUT2D eigenvalue weighted by molar-refractivity contribution is 5.93. The number of furan rings is 1. The van der Waals surface area contributed by atoms with Gasteiger partial charge in [0.15, 0.2) is 0 Å². The van der Waals surface area contributed by atoms with Crippen LogP contribution in [0, 0.1) is 5.92 Å². The number of primary amides is 1. The lowest BCUT2D eigenvalue weighted by molar-refractivity contribution is -0.123. The summed E-state index contributed by atoms with van der Waals surface area (Å²) in [6, 6.07) is 11.3. The Balaban J connectivity index is 1.32. The van der Waals surface area contributed by atoms with E-state index in [9.17, 15) is 14.4 Å². The number of hydrogen-bond donors (Lipinski definition) is 3. The van der Waals surface area contributed by atoms with Gasteiger partial charge in [-0.15, -0.1) is 0 Å². The topological polar surface area (TPSA) is 118 Å². The number of nitrogens with zero attached hydrogens (tertiary/aromatic N) is 1. The van der Waals surface area contributed by atoms with Crippen molar-refractivity contribution in [3.63, 3.8) is 0 Å². The first-order chi connectivity index (χ1) is 15.5. The molecule has 32 heavy (non-hydrogen) atoms. The maximum absolute atomic E-state index is 12.1. The monoisotopic (exact) mass is 438 g/mol. The van der Waals surface area contributed by atoms with E-state index in [4.69, 9.17) is 10.2 Å². The van der Waals surface area contributed by atoms with Crippen LogP contribution >= 0.6 is 0 Å². The molecule has 1 fully saturated rings. The molecular weight excluding hydrogens is 408 g/mol. The molecule has 8 nitrogen and oxygen atoms in total. The number of hydrogen-bond acceptors (Lipinski definition) is 5. The quantitative estimate of drug-likeness (QED) is 0.492. The third-order valence-electron chi connectivity index (χ3n) is 5.54. The molecule has 0 radical (unpaired) electrons. The summed E-state index contributed by atoms with van der Waals surface area (Å²) in [5.41, 5.74) is 7.30. The number of likely N-dealkylation sites (tertiary alicyclic amines) is 1. The number of carbonyl (C=O) groups excluding carboxylic acids is 3. The molecule has 0 bridgehead atoms. The lowest BCUT2D eigenvalue weighted by Gasteiger charge is -2.30. The molecule has 1 aromatic heterocycles. The maximum Gasteiger partial charge on any atom is 0.244 e. The number of nitrogens with two attached hydrogens (primary N) is 1. The predicted molar refractivity (Wildman–Crippen MR) is 123 cm³/mol. The van der Waals surface area contributed by atoms with Gasteiger partial charge in [0.1, 0.15) is 5.76 Å². The highest BCUT2D eigenvalue weighted by atomic mass is 16.3. The van der Waals surface area contributed by atoms with Gasteiger partial charge in [-0.3, -0.25) is 14.4 Å². The van der Waals surface area contributed by atoms with Crippen molar-refractivity contribution in [1.29, 1.82) is 0 Å². The second-order valence-corrected chi connectivity index (χ2v) is 7.90. The van der Waals surface area contributed by atoms with Crippen LogP contribution in [0.15, 0.2) is 53.2 Å². The van der Waals surface area contributed by atoms with Gasteiger partial charge in [0.05, 0.1) is 6.26 Å². The van der Waals surface area contributed by atoms with Crippen LogP contribution in [0.2, 0.25) is 0 Å². The summed E-state index contributed by atoms with van der Waals surface area (Å²) in [4.78, 5) is 37.4. The second kappa shape index (κ2) is 11.9. The fraction of sp³-hybridized carbons (Fsp3) is 0.375. The van der Waals surface area contributed by atoms with E-state index >= 15 is 0 Å². The van der Waals surface area contributed by atoms with E-state index in [-0.39, 0.29) is 36.6 Å². The molecule has 170 valence electrons. The van der Waals surface area contributed by atoms with Crippen LogP contribution in [0.4, 0.5) is 5.69 Å². The van der Waals surface area contributed by atoms with Crippen LogP contribution in [0.1, 0.15) is 30.6 Å². The number of anilines is 1. The number of piperidine rings is 1. The van der Waals surface area contributed by atoms with Gasteiger partial charge in [0.2, 0.25) is 17.7 Å². The minimum Gasteiger partial charge on any atom is -0.465 e. The van der Waals surface area contributed by atoms with Crippen molar-refractivity contribution in [2.24, 2.45) is 11.7 Å². The summed E-state index contributed by atoms with van der Waals surface area (Å²) in [7, 11) is 0. The van der Waals surface area contributed by atoms with Crippen molar-refractivity contribution >= 4 is 29.5 Å². The first kappa shape index (κ1) is 23.3. The van der Waals surface area contributed by atoms with Crippen LogP contribution in [-0.2, 0) is 20.8 Å². The Labute approximate surface area is 187 Å². The predicted octanol–water partition coefficient (Wildman–Crippen LogP) is 2.18. The van der Waals surface area contributed by atoms with Gasteiger partial charge in [-0.25, -0.2) is 0 Å². The molecule has 0 unspecified atom stereocenters. The van der Waals surface area contributed by atoms with Crippen molar-refractivity contribution < 1.29 is 18.8 Å². The van der Waals surface area contributed by atoms with Crippen molar-refractivity contribution in [3.8, 4) is 0 Å². The van der Waals surface area contributed by atoms with Gasteiger partial charge in [-0.2, -0.15) is 0 Å². The van der Waals surface area contributed by atoms with E-state index in [2.05, 4.69) is 15.5 Å². The smallest absolute Gasteiger partial charge is 0.244 e. The Morgan fingerprint density at radius 1 is 1.12 bits per heavy atom. The van der Waals surface area contributed by atoms with Crippen molar-refractivity contribution in [2.75, 3.05) is 31.5 Å². The maximum atomic E-state index is 12.1. The Hall–Kier alpha value is -3.39. The Bertz CT molecular complexity index is 914. The van der Waals surface area contributed by atoms with E-state index in [0.717, 1.165) is 44.6 Å². The van der Waals surface area contributed by atoms with E-state index in [0.29, 0.717) is 5.76 Å². The lowest BCUT2D eigenvalue weighted by atomic mass is 9.96. The van der Waals surface area contributed by atoms with Gasteiger partial charge >= 0.3 is 0 Å². The third-order valence-corrected chi connectivity index (χ3v) is 5.54. The molecule has 3 rings (SSSR count). The minimum atomic E-state index is -0.280. The zero-order valence-corrected chi connectivity index (χ0v) is 18.1. The van der Waals surface area contributed by atoms with E-state index < -0.39 is 0 Å². The van der Waals surface area contributed by atoms with E-state index in [1.54, 1.807) is 18.2 Å². The summed E-state index contributed by atoms with van der Waals surface area (Å²) in [5.74, 6) is -0.0241. The summed E-state index contributed by atoms with van der Waals surface area (Å²) >= 11 is 0. The molecule has 4 N–H and O–H groups in total. The van der Waals surface area contributed by atoms with Crippen LogP contribution in [-0.4, -0.2) is 48.8 Å². The molecule has 3 amide bonds. The molecule has 1 saturated heterocycles. The zero-order chi connectivity index (χ0) is 22.8. The Morgan fingerprint density at radius 2 is 1.88 bits per heavy atom. The molecule has 1 aliphatic rings. The molecule has 0 aliphatic carbocycles. The lowest BCUT2D eigenvalue weighted by Crippen LogP contribution is -2.39. The summed E-state index contributed by atoms with van der Waals surface area (Å²) in [6.45, 7) is 2.98. The number of nitrogens with one attached hydrogen (secondary N) is 2. The van der Waals surface area contributed by atoms with Crippen LogP contribution in [0.3, 0.4) is 0 Å². The molecule has 0 spiro atoms. The highest BCUT2D eigenvalue weighted by Crippen LogP contribution is 2.17. The Morgan fingerprint density at radius 3 is 2.53 bits per heavy atom. The van der Waals surface area contributed by atoms with E-state index in [1.165, 1.54) is 17.9 Å². The molecule has 8 heteroatoms. The number of rotatable bonds is 10. The summed E-state index contributed by atoms with van der Waals surface area (Å²) in [5, 5.41) is 5.51. The largest absolute Gasteiger partial charge is 0.465 e. The SMILES string of the molecule is NC(=O)C1CCN(CCc2ccc(NC(=O)CCNC(=O)/C=C/c3ccco3)cc2)CC1. The molecule has 2 aromatic rings. The average molecular weight is 439 g/mol. The van der Waals surface area contributed by atoms with Crippen LogP contribution in [0.5, 0.6) is 0 Å². The summed E-state index contributed by atoms with van der Waals surface area (Å²) < 4.78 is 5.11. The van der Waals surface area contributed by atoms with Gasteiger partial charge in [0, 0.05) is 37.2 Å². The highest BCUT2D eigenvalue weighted by Gasteiger charge is 2.22. The molecular formula is C24H30N4O4. The first-order valence-corrected chi connectivity index (χ1v) is 10.9. The molecule has 0 saturated carbocycles. The number of benzene rings is 1. The molecule has 2 heterocycles. The van der Waals surface area contributed by atoms with Gasteiger partial charge in [-0.1, -0.05) is 12.1 Å². The van der Waals surface area contributed by atoms with Gasteiger partial charge in [0.25, 0.3) is 0 Å². The number of carbonyl (C=O) groups is 3. The number of amides is 3. The van der Waals surface area contributed by atoms with Crippen molar-refractivity contribution in [2.45, 2.75) is 25.7 Å². The molecule has 0 atom stereocenters. The fourth-order valence-electron chi connectivity index (χ4n) is 3.61. The van der Waals surface area contributed by atoms with Crippen molar-refractivity contribution in [3.05, 3.63) is 60.1 Å². The fourth-order valence-corrected chi connectivity index (χ4v) is 3.61. The first-order valence-electron chi connectivity index (χ1n) is 10.9. The zero-order valence-electron chi connectivity index (χ0n) is 18.1. The Kier molecular flexibility index (Phi) is 8.62. The standard InChI is InChI=1S/C24H30N4O4/c25-24(31)19-11-15-28(16-12-19)14-10-18-3-5-20(6-4-18)27-23(30)9-13-26-22(29)8-7-21-2-1-17-32-21/h1-8,17,19H,9-16H2,(H2,25,31)(H,26,29)(H,27,30)/b8-7+. The second-order valence-electron chi connectivity index (χ2n) is 7.90. The van der Waals surface area contributed by atoms with Crippen LogP contribution in [0.25, 0.3) is 6.08 Å². The minimum absolute atomic E-state index is 0.0145. The van der Waals surface area contributed by atoms with Gasteiger partial charge < -0.3 is 25.7 Å².